The van der Waals surface area contributed by atoms with Gasteiger partial charge in [-0.3, -0.25) is 5.43 Å². The molecule has 3 N–H and O–H groups in total. The maximum atomic E-state index is 6.33. The van der Waals surface area contributed by atoms with E-state index in [1.807, 2.05) is 18.2 Å². The van der Waals surface area contributed by atoms with Crippen LogP contribution in [-0.4, -0.2) is 11.3 Å². The molecule has 1 aromatic carbocycles. The van der Waals surface area contributed by atoms with Crippen LogP contribution in [0, 0.1) is 0 Å². The minimum absolute atomic E-state index is 0.147. The molecule has 0 saturated carbocycles. The molecular weight excluding hydrogens is 254 g/mol. The maximum absolute atomic E-state index is 6.33. The summed E-state index contributed by atoms with van der Waals surface area (Å²) in [4.78, 5) is 0. The summed E-state index contributed by atoms with van der Waals surface area (Å²) in [5.41, 5.74) is 11.2. The molecule has 0 spiro atoms. The standard InChI is InChI=1S/C12H12ClN3S/c13-11-9(7-15-16-12(14)17)6-5-8-3-1-2-4-10(8)11/h1-4,7H,5-6H2,(H3,14,16,17)/b15-7+. The monoisotopic (exact) mass is 265 g/mol. The molecule has 2 rings (SSSR count). The number of nitrogens with one attached hydrogen (secondary N) is 1. The van der Waals surface area contributed by atoms with Crippen molar-refractivity contribution in [3.05, 3.63) is 41.0 Å². The lowest BCUT2D eigenvalue weighted by Gasteiger charge is -2.17. The highest BCUT2D eigenvalue weighted by Crippen LogP contribution is 2.32. The summed E-state index contributed by atoms with van der Waals surface area (Å²) in [5.74, 6) is 0. The van der Waals surface area contributed by atoms with Gasteiger partial charge in [0.1, 0.15) is 0 Å². The average Bonchev–Trinajstić information content (AvgIpc) is 2.32. The van der Waals surface area contributed by atoms with Gasteiger partial charge in [0.25, 0.3) is 0 Å². The van der Waals surface area contributed by atoms with Gasteiger partial charge in [-0.1, -0.05) is 35.9 Å². The number of nitrogens with two attached hydrogens (primary N) is 1. The van der Waals surface area contributed by atoms with E-state index < -0.39 is 0 Å². The van der Waals surface area contributed by atoms with Crippen LogP contribution in [0.2, 0.25) is 0 Å². The summed E-state index contributed by atoms with van der Waals surface area (Å²) >= 11 is 11.0. The van der Waals surface area contributed by atoms with Crippen LogP contribution in [-0.2, 0) is 6.42 Å². The molecule has 0 fully saturated rings. The number of thiocarbonyl (C=S) groups is 1. The number of hydrazone groups is 1. The third kappa shape index (κ3) is 2.84. The van der Waals surface area contributed by atoms with Crippen LogP contribution in [0.25, 0.3) is 5.03 Å². The fourth-order valence-corrected chi connectivity index (χ4v) is 2.18. The normalized spacial score (nSPS) is 14.9. The number of benzene rings is 1. The highest BCUT2D eigenvalue weighted by molar-refractivity contribution is 7.80. The summed E-state index contributed by atoms with van der Waals surface area (Å²) in [5, 5.41) is 4.83. The summed E-state index contributed by atoms with van der Waals surface area (Å²) in [7, 11) is 0. The van der Waals surface area contributed by atoms with Crippen LogP contribution in [0.4, 0.5) is 0 Å². The Morgan fingerprint density at radius 2 is 2.18 bits per heavy atom. The van der Waals surface area contributed by atoms with Gasteiger partial charge >= 0.3 is 0 Å². The third-order valence-electron chi connectivity index (χ3n) is 2.59. The van der Waals surface area contributed by atoms with Gasteiger partial charge < -0.3 is 5.73 Å². The SMILES string of the molecule is NC(=S)N/N=C/C1=C(Cl)c2ccccc2CC1. The van der Waals surface area contributed by atoms with Crippen molar-refractivity contribution in [2.24, 2.45) is 10.8 Å². The van der Waals surface area contributed by atoms with Crippen molar-refractivity contribution in [1.29, 1.82) is 0 Å². The third-order valence-corrected chi connectivity index (χ3v) is 3.13. The molecule has 0 aromatic heterocycles. The van der Waals surface area contributed by atoms with Crippen LogP contribution in [0.5, 0.6) is 0 Å². The Balaban J connectivity index is 2.25. The summed E-state index contributed by atoms with van der Waals surface area (Å²) in [6.45, 7) is 0. The van der Waals surface area contributed by atoms with Gasteiger partial charge in [0.15, 0.2) is 5.11 Å². The number of rotatable bonds is 2. The highest BCUT2D eigenvalue weighted by atomic mass is 35.5. The smallest absolute Gasteiger partial charge is 0.184 e. The number of nitrogens with zero attached hydrogens (tertiary/aromatic N) is 1. The molecule has 1 aliphatic rings. The molecule has 0 amide bonds. The molecule has 3 nitrogen and oxygen atoms in total. The number of hydrogen-bond donors (Lipinski definition) is 2. The van der Waals surface area contributed by atoms with Crippen molar-refractivity contribution in [1.82, 2.24) is 5.43 Å². The molecular formula is C12H12ClN3S. The van der Waals surface area contributed by atoms with Gasteiger partial charge in [-0.25, -0.2) is 0 Å². The molecule has 0 bridgehead atoms. The number of halogens is 1. The van der Waals surface area contributed by atoms with Crippen molar-refractivity contribution >= 4 is 40.2 Å². The van der Waals surface area contributed by atoms with E-state index in [1.54, 1.807) is 6.21 Å². The molecule has 88 valence electrons. The van der Waals surface area contributed by atoms with E-state index in [0.717, 1.165) is 29.0 Å². The van der Waals surface area contributed by atoms with Crippen molar-refractivity contribution in [3.8, 4) is 0 Å². The molecule has 5 heteroatoms. The van der Waals surface area contributed by atoms with E-state index >= 15 is 0 Å². The predicted octanol–water partition coefficient (Wildman–Crippen LogP) is 2.40. The second-order valence-corrected chi connectivity index (χ2v) is 4.55. The largest absolute Gasteiger partial charge is 0.375 e. The van der Waals surface area contributed by atoms with Crippen molar-refractivity contribution in [3.63, 3.8) is 0 Å². The van der Waals surface area contributed by atoms with Gasteiger partial charge in [0.05, 0.1) is 11.2 Å². The lowest BCUT2D eigenvalue weighted by atomic mass is 9.92. The molecule has 0 aliphatic heterocycles. The van der Waals surface area contributed by atoms with E-state index in [-0.39, 0.29) is 5.11 Å². The van der Waals surface area contributed by atoms with E-state index in [9.17, 15) is 0 Å². The predicted molar refractivity (Wildman–Crippen MR) is 75.9 cm³/mol. The van der Waals surface area contributed by atoms with Gasteiger partial charge in [-0.2, -0.15) is 5.10 Å². The van der Waals surface area contributed by atoms with Crippen LogP contribution >= 0.6 is 23.8 Å². The fourth-order valence-electron chi connectivity index (χ4n) is 1.80. The Morgan fingerprint density at radius 1 is 1.41 bits per heavy atom. The van der Waals surface area contributed by atoms with Gasteiger partial charge in [-0.05, 0) is 41.8 Å². The zero-order valence-electron chi connectivity index (χ0n) is 9.11. The van der Waals surface area contributed by atoms with Crippen LogP contribution in [0.15, 0.2) is 34.9 Å². The average molecular weight is 266 g/mol. The van der Waals surface area contributed by atoms with Crippen LogP contribution in [0.1, 0.15) is 17.5 Å². The van der Waals surface area contributed by atoms with E-state index in [1.165, 1.54) is 5.56 Å². The number of aryl methyl sites for hydroxylation is 1. The Labute approximate surface area is 110 Å². The van der Waals surface area contributed by atoms with E-state index in [4.69, 9.17) is 17.3 Å². The first-order valence-corrected chi connectivity index (χ1v) is 6.02. The number of allylic oxidation sites excluding steroid dienone is 1. The second-order valence-electron chi connectivity index (χ2n) is 3.73. The zero-order valence-corrected chi connectivity index (χ0v) is 10.7. The minimum atomic E-state index is 0.147. The summed E-state index contributed by atoms with van der Waals surface area (Å²) < 4.78 is 0. The molecule has 0 radical (unpaired) electrons. The maximum Gasteiger partial charge on any atom is 0.184 e. The molecule has 0 heterocycles. The molecule has 0 atom stereocenters. The van der Waals surface area contributed by atoms with Crippen LogP contribution in [0.3, 0.4) is 0 Å². The lowest BCUT2D eigenvalue weighted by Crippen LogP contribution is -2.24. The molecule has 0 unspecified atom stereocenters. The Hall–Kier alpha value is -1.39. The van der Waals surface area contributed by atoms with Gasteiger partial charge in [0, 0.05) is 0 Å². The first-order chi connectivity index (χ1) is 8.18. The van der Waals surface area contributed by atoms with Gasteiger partial charge in [-0.15, -0.1) is 0 Å². The first kappa shape index (κ1) is 12.1. The van der Waals surface area contributed by atoms with Crippen molar-refractivity contribution in [2.45, 2.75) is 12.8 Å². The second kappa shape index (κ2) is 5.29. The first-order valence-electron chi connectivity index (χ1n) is 5.24. The quantitative estimate of drug-likeness (QED) is 0.490. The summed E-state index contributed by atoms with van der Waals surface area (Å²) in [6.07, 6.45) is 3.52. The van der Waals surface area contributed by atoms with Crippen LogP contribution < -0.4 is 11.2 Å². The fraction of sp³-hybridized carbons (Fsp3) is 0.167. The van der Waals surface area contributed by atoms with E-state index in [0.29, 0.717) is 0 Å². The Kier molecular flexibility index (Phi) is 3.76. The number of hydrogen-bond acceptors (Lipinski definition) is 2. The molecule has 1 aromatic rings. The molecule has 1 aliphatic carbocycles. The topological polar surface area (TPSA) is 50.4 Å². The molecule has 0 saturated heterocycles. The molecule has 17 heavy (non-hydrogen) atoms. The highest BCUT2D eigenvalue weighted by Gasteiger charge is 2.15. The number of fused-ring (bicyclic) bond motifs is 1. The van der Waals surface area contributed by atoms with Crippen molar-refractivity contribution in [2.75, 3.05) is 0 Å². The lowest BCUT2D eigenvalue weighted by molar-refractivity contribution is 0.953. The minimum Gasteiger partial charge on any atom is -0.375 e. The van der Waals surface area contributed by atoms with Gasteiger partial charge in [0.2, 0.25) is 0 Å². The Bertz CT molecular complexity index is 508. The Morgan fingerprint density at radius 3 is 2.94 bits per heavy atom. The van der Waals surface area contributed by atoms with E-state index in [2.05, 4.69) is 28.8 Å². The van der Waals surface area contributed by atoms with Crippen molar-refractivity contribution < 1.29 is 0 Å². The zero-order chi connectivity index (χ0) is 12.3. The summed E-state index contributed by atoms with van der Waals surface area (Å²) in [6, 6.07) is 8.12.